The number of carbonyl (C=O) groups is 2. The number of rotatable bonds is 4. The molecule has 0 N–H and O–H groups in total. The molecule has 2 rings (SSSR count). The largest absolute Gasteiger partial charge is 0.293 e. The Hall–Kier alpha value is -1.00. The van der Waals surface area contributed by atoms with Gasteiger partial charge in [0.25, 0.3) is 0 Å². The van der Waals surface area contributed by atoms with Crippen LogP contribution in [0.4, 0.5) is 0 Å². The van der Waals surface area contributed by atoms with Crippen molar-refractivity contribution in [3.63, 3.8) is 0 Å². The number of allylic oxidation sites excluding steroid dienone is 1. The van der Waals surface area contributed by atoms with Crippen molar-refractivity contribution < 1.29 is 9.59 Å². The number of Topliss-reactive ketones (excluding diaryl/α,β-unsaturated/α-hetero) is 2. The van der Waals surface area contributed by atoms with Crippen LogP contribution in [-0.2, 0) is 10.2 Å². The summed E-state index contributed by atoms with van der Waals surface area (Å²) in [4.78, 5) is 26.4. The van der Waals surface area contributed by atoms with Crippen molar-refractivity contribution in [2.45, 2.75) is 46.0 Å². The van der Waals surface area contributed by atoms with Gasteiger partial charge in [0.05, 0.1) is 15.2 Å². The molecule has 0 fully saturated rings. The number of carbonyl (C=O) groups excluding carboxylic acids is 2. The summed E-state index contributed by atoms with van der Waals surface area (Å²) in [6.45, 7) is 8.57. The van der Waals surface area contributed by atoms with Crippen LogP contribution in [0.3, 0.4) is 0 Å². The van der Waals surface area contributed by atoms with Crippen molar-refractivity contribution in [2.75, 3.05) is 12.5 Å². The van der Waals surface area contributed by atoms with E-state index in [9.17, 15) is 9.59 Å². The fourth-order valence-electron chi connectivity index (χ4n) is 3.14. The van der Waals surface area contributed by atoms with Crippen LogP contribution < -0.4 is 0 Å². The van der Waals surface area contributed by atoms with Crippen molar-refractivity contribution in [2.24, 2.45) is 5.41 Å². The first-order valence-corrected chi connectivity index (χ1v) is 10.6. The van der Waals surface area contributed by atoms with Crippen LogP contribution in [0.15, 0.2) is 34.1 Å². The second-order valence-corrected chi connectivity index (χ2v) is 9.56. The van der Waals surface area contributed by atoms with Crippen LogP contribution in [0.5, 0.6) is 0 Å². The first-order chi connectivity index (χ1) is 11.2. The van der Waals surface area contributed by atoms with Gasteiger partial charge in [0.1, 0.15) is 0 Å². The zero-order chi connectivity index (χ0) is 18.1. The predicted octanol–water partition coefficient (Wildman–Crippen LogP) is 5.47. The molecule has 0 bridgehead atoms. The maximum absolute atomic E-state index is 13.4. The highest BCUT2D eigenvalue weighted by molar-refractivity contribution is 8.21. The number of thioether (sulfide) groups is 2. The van der Waals surface area contributed by atoms with E-state index in [0.29, 0.717) is 11.1 Å². The van der Waals surface area contributed by atoms with Gasteiger partial charge in [-0.2, -0.15) is 0 Å². The Morgan fingerprint density at radius 3 is 2.21 bits per heavy atom. The second kappa shape index (κ2) is 7.09. The average Bonchev–Trinajstić information content (AvgIpc) is 2.54. The van der Waals surface area contributed by atoms with Crippen LogP contribution in [0.1, 0.15) is 56.5 Å². The van der Waals surface area contributed by atoms with E-state index >= 15 is 0 Å². The van der Waals surface area contributed by atoms with Gasteiger partial charge in [-0.05, 0) is 43.3 Å². The van der Waals surface area contributed by atoms with Crippen molar-refractivity contribution in [3.8, 4) is 0 Å². The monoisotopic (exact) mass is 362 g/mol. The molecule has 0 saturated heterocycles. The third-order valence-electron chi connectivity index (χ3n) is 4.67. The molecule has 0 aliphatic heterocycles. The van der Waals surface area contributed by atoms with E-state index in [1.807, 2.05) is 43.7 Å². The molecule has 1 atom stereocenters. The van der Waals surface area contributed by atoms with Crippen molar-refractivity contribution in [1.82, 2.24) is 0 Å². The number of fused-ring (bicyclic) bond motifs is 1. The van der Waals surface area contributed by atoms with E-state index in [-0.39, 0.29) is 17.0 Å². The third-order valence-corrected chi connectivity index (χ3v) is 6.82. The van der Waals surface area contributed by atoms with Gasteiger partial charge in [0.15, 0.2) is 11.6 Å². The molecule has 130 valence electrons. The van der Waals surface area contributed by atoms with Crippen LogP contribution in [-0.4, -0.2) is 24.1 Å². The Morgan fingerprint density at radius 1 is 1.08 bits per heavy atom. The van der Waals surface area contributed by atoms with Gasteiger partial charge in [-0.25, -0.2) is 0 Å². The summed E-state index contributed by atoms with van der Waals surface area (Å²) in [5, 5.41) is 0. The first kappa shape index (κ1) is 19.3. The van der Waals surface area contributed by atoms with Gasteiger partial charge in [0, 0.05) is 5.56 Å². The molecule has 0 amide bonds. The molecule has 1 aromatic carbocycles. The quantitative estimate of drug-likeness (QED) is 0.525. The first-order valence-electron chi connectivity index (χ1n) is 8.17. The summed E-state index contributed by atoms with van der Waals surface area (Å²) in [7, 11) is 0. The van der Waals surface area contributed by atoms with E-state index in [2.05, 4.69) is 20.8 Å². The molecular formula is C20H26O2S2. The highest BCUT2D eigenvalue weighted by Gasteiger charge is 2.46. The van der Waals surface area contributed by atoms with E-state index in [1.54, 1.807) is 0 Å². The fourth-order valence-corrected chi connectivity index (χ4v) is 4.59. The average molecular weight is 363 g/mol. The summed E-state index contributed by atoms with van der Waals surface area (Å²) >= 11 is 2.97. The molecule has 1 aliphatic rings. The minimum atomic E-state index is -0.635. The zero-order valence-electron chi connectivity index (χ0n) is 15.4. The van der Waals surface area contributed by atoms with Gasteiger partial charge in [-0.3, -0.25) is 9.59 Å². The Balaban J connectivity index is 2.65. The summed E-state index contributed by atoms with van der Waals surface area (Å²) in [6.07, 6.45) is 5.52. The van der Waals surface area contributed by atoms with E-state index < -0.39 is 5.41 Å². The van der Waals surface area contributed by atoms with E-state index in [1.165, 1.54) is 23.5 Å². The lowest BCUT2D eigenvalue weighted by Crippen LogP contribution is -2.42. The minimum absolute atomic E-state index is 0.0193. The number of hydrogen-bond acceptors (Lipinski definition) is 4. The lowest BCUT2D eigenvalue weighted by atomic mass is 9.64. The van der Waals surface area contributed by atoms with Crippen molar-refractivity contribution in [1.29, 1.82) is 0 Å². The third kappa shape index (κ3) is 3.50. The Morgan fingerprint density at radius 2 is 1.67 bits per heavy atom. The van der Waals surface area contributed by atoms with E-state index in [4.69, 9.17) is 0 Å². The summed E-state index contributed by atoms with van der Waals surface area (Å²) in [6, 6.07) is 7.61. The molecule has 1 aromatic rings. The molecule has 1 aliphatic carbocycles. The zero-order valence-corrected chi connectivity index (χ0v) is 17.0. The van der Waals surface area contributed by atoms with Crippen LogP contribution in [0.2, 0.25) is 0 Å². The highest BCUT2D eigenvalue weighted by atomic mass is 32.2. The van der Waals surface area contributed by atoms with Crippen molar-refractivity contribution in [3.05, 3.63) is 45.2 Å². The Bertz CT molecular complexity index is 692. The standard InChI is InChI=1S/C20H26O2S2/c1-19(2,3)11-12-20(4)14-10-8-7-9-13(14)16(21)15(17(20)22)18(23-5)24-6/h7-10H,11-12H2,1-6H3. The Labute approximate surface area is 153 Å². The maximum Gasteiger partial charge on any atom is 0.198 e. The van der Waals surface area contributed by atoms with Crippen LogP contribution in [0, 0.1) is 5.41 Å². The predicted molar refractivity (Wildman–Crippen MR) is 106 cm³/mol. The SMILES string of the molecule is CSC(SC)=C1C(=O)c2ccccc2C(C)(CCC(C)(C)C)C1=O. The second-order valence-electron chi connectivity index (χ2n) is 7.67. The van der Waals surface area contributed by atoms with E-state index in [0.717, 1.165) is 22.6 Å². The van der Waals surface area contributed by atoms with Gasteiger partial charge in [0.2, 0.25) is 0 Å². The van der Waals surface area contributed by atoms with Crippen LogP contribution in [0.25, 0.3) is 0 Å². The van der Waals surface area contributed by atoms with Gasteiger partial charge in [-0.15, -0.1) is 23.5 Å². The molecule has 4 heteroatoms. The molecule has 0 heterocycles. The molecule has 0 radical (unpaired) electrons. The highest BCUT2D eigenvalue weighted by Crippen LogP contribution is 2.45. The molecular weight excluding hydrogens is 336 g/mol. The molecule has 0 saturated carbocycles. The molecule has 0 aromatic heterocycles. The molecule has 1 unspecified atom stereocenters. The normalized spacial score (nSPS) is 21.0. The number of ketones is 2. The summed E-state index contributed by atoms with van der Waals surface area (Å²) < 4.78 is 0.821. The summed E-state index contributed by atoms with van der Waals surface area (Å²) in [5.74, 6) is -0.142. The van der Waals surface area contributed by atoms with Gasteiger partial charge in [-0.1, -0.05) is 45.0 Å². The maximum atomic E-state index is 13.4. The Kier molecular flexibility index (Phi) is 5.71. The molecule has 0 spiro atoms. The van der Waals surface area contributed by atoms with Crippen molar-refractivity contribution >= 4 is 35.1 Å². The smallest absolute Gasteiger partial charge is 0.198 e. The molecule has 24 heavy (non-hydrogen) atoms. The van der Waals surface area contributed by atoms with Gasteiger partial charge < -0.3 is 0 Å². The van der Waals surface area contributed by atoms with Gasteiger partial charge >= 0.3 is 0 Å². The number of benzene rings is 1. The topological polar surface area (TPSA) is 34.1 Å². The molecule has 2 nitrogen and oxygen atoms in total. The number of hydrogen-bond donors (Lipinski definition) is 0. The lowest BCUT2D eigenvalue weighted by Gasteiger charge is -2.37. The lowest BCUT2D eigenvalue weighted by molar-refractivity contribution is -0.120. The fraction of sp³-hybridized carbons (Fsp3) is 0.500. The minimum Gasteiger partial charge on any atom is -0.293 e. The van der Waals surface area contributed by atoms with Crippen LogP contribution >= 0.6 is 23.5 Å². The summed E-state index contributed by atoms with van der Waals surface area (Å²) in [5.41, 5.74) is 1.46.